The maximum atomic E-state index is 7.28. The molecule has 16 heavy (non-hydrogen) atoms. The second-order valence-corrected chi connectivity index (χ2v) is 4.48. The summed E-state index contributed by atoms with van der Waals surface area (Å²) < 4.78 is 0. The van der Waals surface area contributed by atoms with Crippen molar-refractivity contribution in [3.8, 4) is 0 Å². The van der Waals surface area contributed by atoms with Crippen LogP contribution in [0.5, 0.6) is 0 Å². The minimum absolute atomic E-state index is 0.253. The van der Waals surface area contributed by atoms with Crippen LogP contribution in [-0.2, 0) is 6.54 Å². The van der Waals surface area contributed by atoms with Gasteiger partial charge in [0.15, 0.2) is 0 Å². The van der Waals surface area contributed by atoms with Gasteiger partial charge in [0.2, 0.25) is 0 Å². The minimum atomic E-state index is 0.253. The highest BCUT2D eigenvalue weighted by molar-refractivity contribution is 5.77. The van der Waals surface area contributed by atoms with E-state index in [0.29, 0.717) is 12.5 Å². The molecule has 0 bridgehead atoms. The van der Waals surface area contributed by atoms with Gasteiger partial charge in [0.1, 0.15) is 0 Å². The first-order chi connectivity index (χ1) is 7.49. The number of hydrogen-bond acceptors (Lipinski definition) is 2. The third-order valence-corrected chi connectivity index (χ3v) is 2.82. The van der Waals surface area contributed by atoms with Gasteiger partial charge in [-0.1, -0.05) is 29.8 Å². The van der Waals surface area contributed by atoms with Crippen LogP contribution in [0.15, 0.2) is 24.3 Å². The van der Waals surface area contributed by atoms with Crippen LogP contribution < -0.4 is 5.73 Å². The van der Waals surface area contributed by atoms with Gasteiger partial charge in [-0.2, -0.15) is 0 Å². The number of aryl methyl sites for hydroxylation is 1. The Hall–Kier alpha value is -1.35. The van der Waals surface area contributed by atoms with Gasteiger partial charge in [0, 0.05) is 19.0 Å². The lowest BCUT2D eigenvalue weighted by Crippen LogP contribution is -2.32. The molecule has 0 saturated heterocycles. The fourth-order valence-electron chi connectivity index (χ4n) is 1.61. The number of rotatable bonds is 5. The lowest BCUT2D eigenvalue weighted by Gasteiger charge is -2.24. The fourth-order valence-corrected chi connectivity index (χ4v) is 1.61. The number of nitrogens with two attached hydrogens (primary N) is 1. The maximum absolute atomic E-state index is 7.28. The van der Waals surface area contributed by atoms with Crippen molar-refractivity contribution < 1.29 is 0 Å². The summed E-state index contributed by atoms with van der Waals surface area (Å²) in [4.78, 5) is 2.21. The van der Waals surface area contributed by atoms with Crippen LogP contribution in [-0.4, -0.2) is 23.8 Å². The largest absolute Gasteiger partial charge is 0.388 e. The van der Waals surface area contributed by atoms with Crippen molar-refractivity contribution in [3.63, 3.8) is 0 Å². The zero-order valence-corrected chi connectivity index (χ0v) is 10.3. The van der Waals surface area contributed by atoms with E-state index >= 15 is 0 Å². The Labute approximate surface area is 97.8 Å². The fraction of sp³-hybridized carbons (Fsp3) is 0.462. The molecule has 3 nitrogen and oxygen atoms in total. The van der Waals surface area contributed by atoms with Gasteiger partial charge < -0.3 is 5.73 Å². The highest BCUT2D eigenvalue weighted by atomic mass is 15.1. The molecular formula is C13H21N3. The molecule has 0 radical (unpaired) electrons. The number of nitrogens with zero attached hydrogens (tertiary/aromatic N) is 1. The quantitative estimate of drug-likeness (QED) is 0.589. The van der Waals surface area contributed by atoms with Gasteiger partial charge in [-0.05, 0) is 26.5 Å². The van der Waals surface area contributed by atoms with Crippen LogP contribution >= 0.6 is 0 Å². The van der Waals surface area contributed by atoms with Crippen molar-refractivity contribution in [1.82, 2.24) is 4.90 Å². The van der Waals surface area contributed by atoms with Crippen LogP contribution in [0.4, 0.5) is 0 Å². The first kappa shape index (κ1) is 12.7. The molecule has 1 unspecified atom stereocenters. The summed E-state index contributed by atoms with van der Waals surface area (Å²) in [7, 11) is 2.06. The summed E-state index contributed by atoms with van der Waals surface area (Å²) in [5.41, 5.74) is 7.98. The second kappa shape index (κ2) is 5.66. The van der Waals surface area contributed by atoms with E-state index in [0.717, 1.165) is 6.54 Å². The second-order valence-electron chi connectivity index (χ2n) is 4.48. The van der Waals surface area contributed by atoms with E-state index in [2.05, 4.69) is 50.1 Å². The lowest BCUT2D eigenvalue weighted by atomic mass is 10.1. The summed E-state index contributed by atoms with van der Waals surface area (Å²) >= 11 is 0. The van der Waals surface area contributed by atoms with Gasteiger partial charge in [0.25, 0.3) is 0 Å². The molecule has 0 aliphatic heterocycles. The molecule has 1 atom stereocenters. The Kier molecular flexibility index (Phi) is 4.50. The van der Waals surface area contributed by atoms with E-state index in [4.69, 9.17) is 11.1 Å². The normalized spacial score (nSPS) is 12.8. The van der Waals surface area contributed by atoms with E-state index < -0.39 is 0 Å². The molecule has 0 fully saturated rings. The molecule has 0 aliphatic carbocycles. The van der Waals surface area contributed by atoms with Gasteiger partial charge in [0.05, 0.1) is 5.84 Å². The molecule has 1 aromatic carbocycles. The smallest absolute Gasteiger partial charge is 0.0920 e. The monoisotopic (exact) mass is 219 g/mol. The minimum Gasteiger partial charge on any atom is -0.388 e. The van der Waals surface area contributed by atoms with E-state index in [1.54, 1.807) is 0 Å². The zero-order chi connectivity index (χ0) is 12.1. The topological polar surface area (TPSA) is 53.1 Å². The van der Waals surface area contributed by atoms with Crippen molar-refractivity contribution in [3.05, 3.63) is 35.4 Å². The highest BCUT2D eigenvalue weighted by Gasteiger charge is 2.10. The molecule has 1 aromatic rings. The summed E-state index contributed by atoms with van der Waals surface area (Å²) in [5, 5.41) is 7.28. The molecule has 0 aromatic heterocycles. The molecule has 3 heteroatoms. The molecule has 0 aliphatic rings. The average Bonchev–Trinajstić information content (AvgIpc) is 2.20. The standard InChI is InChI=1S/C13H21N3/c1-10-4-6-12(7-5-10)9-16(3)11(2)8-13(14)15/h4-7,11H,8-9H2,1-3H3,(H3,14,15). The van der Waals surface area contributed by atoms with Crippen molar-refractivity contribution in [1.29, 1.82) is 5.41 Å². The van der Waals surface area contributed by atoms with Crippen molar-refractivity contribution in [2.75, 3.05) is 7.05 Å². The predicted octanol–water partition coefficient (Wildman–Crippen LogP) is 2.14. The molecule has 0 heterocycles. The molecule has 1 rings (SSSR count). The number of hydrogen-bond donors (Lipinski definition) is 2. The van der Waals surface area contributed by atoms with E-state index in [1.165, 1.54) is 11.1 Å². The SMILES string of the molecule is Cc1ccc(CN(C)C(C)CC(=N)N)cc1. The van der Waals surface area contributed by atoms with Crippen LogP contribution in [0, 0.1) is 12.3 Å². The first-order valence-corrected chi connectivity index (χ1v) is 5.57. The van der Waals surface area contributed by atoms with E-state index in [9.17, 15) is 0 Å². The molecule has 3 N–H and O–H groups in total. The Morgan fingerprint density at radius 1 is 1.38 bits per heavy atom. The summed E-state index contributed by atoms with van der Waals surface area (Å²) in [6, 6.07) is 8.84. The Morgan fingerprint density at radius 2 is 1.94 bits per heavy atom. The number of amidine groups is 1. The number of benzene rings is 1. The van der Waals surface area contributed by atoms with Crippen molar-refractivity contribution >= 4 is 5.84 Å². The lowest BCUT2D eigenvalue weighted by molar-refractivity contribution is 0.254. The first-order valence-electron chi connectivity index (χ1n) is 5.57. The summed E-state index contributed by atoms with van der Waals surface area (Å²) in [6.07, 6.45) is 0.627. The molecule has 0 saturated carbocycles. The van der Waals surface area contributed by atoms with Gasteiger partial charge >= 0.3 is 0 Å². The van der Waals surface area contributed by atoms with Gasteiger partial charge in [-0.25, -0.2) is 0 Å². The Balaban J connectivity index is 2.53. The Bertz CT molecular complexity index is 343. The molecular weight excluding hydrogens is 198 g/mol. The average molecular weight is 219 g/mol. The van der Waals surface area contributed by atoms with Crippen LogP contribution in [0.25, 0.3) is 0 Å². The van der Waals surface area contributed by atoms with Gasteiger partial charge in [-0.3, -0.25) is 10.3 Å². The summed E-state index contributed by atoms with van der Waals surface area (Å²) in [6.45, 7) is 5.08. The highest BCUT2D eigenvalue weighted by Crippen LogP contribution is 2.09. The molecule has 0 amide bonds. The van der Waals surface area contributed by atoms with E-state index in [1.807, 2.05) is 0 Å². The third kappa shape index (κ3) is 4.03. The zero-order valence-electron chi connectivity index (χ0n) is 10.3. The van der Waals surface area contributed by atoms with Gasteiger partial charge in [-0.15, -0.1) is 0 Å². The molecule has 0 spiro atoms. The van der Waals surface area contributed by atoms with Crippen molar-refractivity contribution in [2.45, 2.75) is 32.9 Å². The molecule has 88 valence electrons. The number of nitrogens with one attached hydrogen (secondary N) is 1. The van der Waals surface area contributed by atoms with Crippen LogP contribution in [0.3, 0.4) is 0 Å². The van der Waals surface area contributed by atoms with Crippen molar-refractivity contribution in [2.24, 2.45) is 5.73 Å². The summed E-state index contributed by atoms with van der Waals surface area (Å²) in [5.74, 6) is 0.253. The Morgan fingerprint density at radius 3 is 2.44 bits per heavy atom. The predicted molar refractivity (Wildman–Crippen MR) is 68.6 cm³/mol. The van der Waals surface area contributed by atoms with Crippen LogP contribution in [0.1, 0.15) is 24.5 Å². The van der Waals surface area contributed by atoms with Crippen LogP contribution in [0.2, 0.25) is 0 Å². The maximum Gasteiger partial charge on any atom is 0.0920 e. The van der Waals surface area contributed by atoms with E-state index in [-0.39, 0.29) is 5.84 Å². The third-order valence-electron chi connectivity index (χ3n) is 2.82.